The number of benzene rings is 2. The molecule has 9 heteroatoms. The highest BCUT2D eigenvalue weighted by molar-refractivity contribution is 7.87. The first kappa shape index (κ1) is 18.0. The van der Waals surface area contributed by atoms with E-state index in [1.807, 2.05) is 12.3 Å². The lowest BCUT2D eigenvalue weighted by molar-refractivity contribution is -0.385. The summed E-state index contributed by atoms with van der Waals surface area (Å²) < 4.78 is 30.1. The summed E-state index contributed by atoms with van der Waals surface area (Å²) in [6.07, 6.45) is 0. The molecule has 0 bridgehead atoms. The number of thiazole rings is 1. The van der Waals surface area contributed by atoms with E-state index in [4.69, 9.17) is 4.18 Å². The zero-order valence-corrected chi connectivity index (χ0v) is 15.5. The molecule has 7 nitrogen and oxygen atoms in total. The van der Waals surface area contributed by atoms with Crippen molar-refractivity contribution in [2.45, 2.75) is 18.7 Å². The largest absolute Gasteiger partial charge is 0.379 e. The molecule has 26 heavy (non-hydrogen) atoms. The minimum atomic E-state index is -4.19. The highest BCUT2D eigenvalue weighted by Gasteiger charge is 2.24. The van der Waals surface area contributed by atoms with Gasteiger partial charge in [0, 0.05) is 28.3 Å². The van der Waals surface area contributed by atoms with Crippen LogP contribution in [0.5, 0.6) is 5.75 Å². The number of aryl methyl sites for hydroxylation is 1. The third-order valence-corrected chi connectivity index (χ3v) is 6.05. The molecule has 0 N–H and O–H groups in total. The highest BCUT2D eigenvalue weighted by Crippen LogP contribution is 2.29. The van der Waals surface area contributed by atoms with Crippen LogP contribution in [-0.2, 0) is 10.1 Å². The minimum absolute atomic E-state index is 0.0346. The van der Waals surface area contributed by atoms with Gasteiger partial charge in [-0.25, -0.2) is 4.98 Å². The highest BCUT2D eigenvalue weighted by atomic mass is 32.2. The topological polar surface area (TPSA) is 99.4 Å². The van der Waals surface area contributed by atoms with Crippen molar-refractivity contribution in [3.8, 4) is 16.3 Å². The van der Waals surface area contributed by atoms with Gasteiger partial charge >= 0.3 is 10.1 Å². The van der Waals surface area contributed by atoms with Crippen molar-refractivity contribution in [2.24, 2.45) is 0 Å². The quantitative estimate of drug-likeness (QED) is 0.369. The Morgan fingerprint density at radius 1 is 1.12 bits per heavy atom. The molecule has 0 radical (unpaired) electrons. The molecule has 2 aromatic carbocycles. The predicted octanol–water partition coefficient (Wildman–Crippen LogP) is 4.10. The van der Waals surface area contributed by atoms with Gasteiger partial charge < -0.3 is 4.18 Å². The number of nitrogens with zero attached hydrogens (tertiary/aromatic N) is 2. The molecular weight excluding hydrogens is 376 g/mol. The van der Waals surface area contributed by atoms with Crippen molar-refractivity contribution in [3.63, 3.8) is 0 Å². The molecule has 0 aliphatic rings. The number of hydrogen-bond acceptors (Lipinski definition) is 7. The van der Waals surface area contributed by atoms with Gasteiger partial charge in [-0.3, -0.25) is 10.1 Å². The van der Waals surface area contributed by atoms with Crippen LogP contribution in [0.25, 0.3) is 10.6 Å². The molecule has 1 heterocycles. The first-order chi connectivity index (χ1) is 12.3. The fourth-order valence-corrected chi connectivity index (χ4v) is 4.37. The summed E-state index contributed by atoms with van der Waals surface area (Å²) in [6, 6.07) is 10.3. The van der Waals surface area contributed by atoms with Gasteiger partial charge in [0.1, 0.15) is 15.7 Å². The second-order valence-electron chi connectivity index (χ2n) is 5.51. The van der Waals surface area contributed by atoms with Crippen molar-refractivity contribution in [2.75, 3.05) is 0 Å². The molecule has 0 fully saturated rings. The number of hydrogen-bond donors (Lipinski definition) is 0. The zero-order chi connectivity index (χ0) is 18.9. The van der Waals surface area contributed by atoms with E-state index in [0.29, 0.717) is 0 Å². The third-order valence-electron chi connectivity index (χ3n) is 3.65. The molecule has 0 aliphatic heterocycles. The maximum atomic E-state index is 12.5. The second-order valence-corrected chi connectivity index (χ2v) is 7.89. The van der Waals surface area contributed by atoms with Crippen molar-refractivity contribution in [3.05, 3.63) is 69.2 Å². The van der Waals surface area contributed by atoms with E-state index in [0.717, 1.165) is 16.3 Å². The van der Waals surface area contributed by atoms with Crippen LogP contribution >= 0.6 is 11.3 Å². The summed E-state index contributed by atoms with van der Waals surface area (Å²) in [5.41, 5.74) is 1.52. The normalized spacial score (nSPS) is 11.3. The number of aromatic nitrogens is 1. The van der Waals surface area contributed by atoms with Gasteiger partial charge in [0.05, 0.1) is 4.92 Å². The Morgan fingerprint density at radius 2 is 1.81 bits per heavy atom. The molecule has 0 aliphatic carbocycles. The fraction of sp³-hybridized carbons (Fsp3) is 0.118. The van der Waals surface area contributed by atoms with Crippen LogP contribution in [0.2, 0.25) is 0 Å². The second kappa shape index (κ2) is 6.85. The van der Waals surface area contributed by atoms with Gasteiger partial charge in [0.2, 0.25) is 0 Å². The van der Waals surface area contributed by atoms with Gasteiger partial charge in [-0.05, 0) is 44.2 Å². The Bertz CT molecular complexity index is 1070. The average Bonchev–Trinajstić information content (AvgIpc) is 3.01. The van der Waals surface area contributed by atoms with Crippen molar-refractivity contribution >= 4 is 27.1 Å². The van der Waals surface area contributed by atoms with E-state index < -0.39 is 15.0 Å². The van der Waals surface area contributed by atoms with Crippen molar-refractivity contribution in [1.82, 2.24) is 4.98 Å². The molecule has 134 valence electrons. The number of rotatable bonds is 5. The molecule has 0 atom stereocenters. The molecule has 1 aromatic heterocycles. The molecule has 0 saturated heterocycles. The Hall–Kier alpha value is -2.78. The van der Waals surface area contributed by atoms with E-state index in [2.05, 4.69) is 4.98 Å². The summed E-state index contributed by atoms with van der Waals surface area (Å²) >= 11 is 1.49. The molecule has 0 unspecified atom stereocenters. The van der Waals surface area contributed by atoms with Gasteiger partial charge in [0.15, 0.2) is 0 Å². The standard InChI is InChI=1S/C17H14N2O5S2/c1-11-10-25-17(18-11)13-6-8-14(9-7-13)24-26(22,23)16-5-3-4-15(12(16)2)19(20)21/h3-10H,1-2H3. The third kappa shape index (κ3) is 3.58. The van der Waals surface area contributed by atoms with Crippen LogP contribution in [0.4, 0.5) is 5.69 Å². The lowest BCUT2D eigenvalue weighted by Crippen LogP contribution is -2.12. The van der Waals surface area contributed by atoms with Crippen LogP contribution in [-0.4, -0.2) is 18.3 Å². The summed E-state index contributed by atoms with van der Waals surface area (Å²) in [5.74, 6) is 0.118. The SMILES string of the molecule is Cc1csc(-c2ccc(OS(=O)(=O)c3cccc([N+](=O)[O-])c3C)cc2)n1. The zero-order valence-electron chi connectivity index (χ0n) is 13.9. The van der Waals surface area contributed by atoms with Crippen LogP contribution in [0.3, 0.4) is 0 Å². The molecule has 0 amide bonds. The smallest absolute Gasteiger partial charge is 0.339 e. The average molecular weight is 390 g/mol. The monoisotopic (exact) mass is 390 g/mol. The summed E-state index contributed by atoms with van der Waals surface area (Å²) in [5, 5.41) is 13.7. The molecule has 0 spiro atoms. The van der Waals surface area contributed by atoms with Crippen molar-refractivity contribution < 1.29 is 17.5 Å². The molecule has 3 rings (SSSR count). The Kier molecular flexibility index (Phi) is 4.75. The molecular formula is C17H14N2O5S2. The van der Waals surface area contributed by atoms with E-state index in [9.17, 15) is 18.5 Å². The number of nitro benzene ring substituents is 1. The summed E-state index contributed by atoms with van der Waals surface area (Å²) in [7, 11) is -4.19. The van der Waals surface area contributed by atoms with Gasteiger partial charge in [-0.2, -0.15) is 8.42 Å². The van der Waals surface area contributed by atoms with Gasteiger partial charge in [-0.15, -0.1) is 11.3 Å². The Labute approximate surface area is 154 Å². The van der Waals surface area contributed by atoms with Gasteiger partial charge in [0.25, 0.3) is 5.69 Å². The first-order valence-corrected chi connectivity index (χ1v) is 9.78. The Balaban J connectivity index is 1.88. The maximum absolute atomic E-state index is 12.5. The predicted molar refractivity (Wildman–Crippen MR) is 97.9 cm³/mol. The van der Waals surface area contributed by atoms with Crippen LogP contribution in [0.15, 0.2) is 52.7 Å². The van der Waals surface area contributed by atoms with E-state index in [-0.39, 0.29) is 21.9 Å². The molecule has 3 aromatic rings. The van der Waals surface area contributed by atoms with E-state index >= 15 is 0 Å². The van der Waals surface area contributed by atoms with E-state index in [1.165, 1.54) is 48.6 Å². The summed E-state index contributed by atoms with van der Waals surface area (Å²) in [4.78, 5) is 14.5. The molecule has 0 saturated carbocycles. The fourth-order valence-electron chi connectivity index (χ4n) is 2.38. The van der Waals surface area contributed by atoms with Crippen molar-refractivity contribution in [1.29, 1.82) is 0 Å². The van der Waals surface area contributed by atoms with Gasteiger partial charge in [-0.1, -0.05) is 6.07 Å². The first-order valence-electron chi connectivity index (χ1n) is 7.49. The Morgan fingerprint density at radius 3 is 2.38 bits per heavy atom. The lowest BCUT2D eigenvalue weighted by atomic mass is 10.2. The minimum Gasteiger partial charge on any atom is -0.379 e. The number of nitro groups is 1. The lowest BCUT2D eigenvalue weighted by Gasteiger charge is -2.09. The summed E-state index contributed by atoms with van der Waals surface area (Å²) in [6.45, 7) is 3.27. The van der Waals surface area contributed by atoms with Crippen LogP contribution < -0.4 is 4.18 Å². The van der Waals surface area contributed by atoms with Crippen LogP contribution in [0.1, 0.15) is 11.3 Å². The maximum Gasteiger partial charge on any atom is 0.339 e. The van der Waals surface area contributed by atoms with Crippen LogP contribution in [0, 0.1) is 24.0 Å². The van der Waals surface area contributed by atoms with E-state index in [1.54, 1.807) is 12.1 Å².